The molecule has 0 aliphatic carbocycles. The number of carbonyl (C=O) groups excluding carboxylic acids is 6. The second-order valence-electron chi connectivity index (χ2n) is 24.6. The van der Waals surface area contributed by atoms with Crippen LogP contribution < -0.4 is 28.7 Å². The molecule has 4 aliphatic rings. The first-order valence-electron chi connectivity index (χ1n) is 32.6. The molecule has 6 aromatic carbocycles. The Morgan fingerprint density at radius 2 is 1.01 bits per heavy atom. The Bertz CT molecular complexity index is 3860. The number of esters is 4. The van der Waals surface area contributed by atoms with Gasteiger partial charge in [-0.3, -0.25) is 34.0 Å². The van der Waals surface area contributed by atoms with Gasteiger partial charge in [-0.1, -0.05) is 175 Å². The summed E-state index contributed by atoms with van der Waals surface area (Å²) in [6.45, 7) is 24.4. The number of likely N-dealkylation sites (N-methyl/N-ethyl adjacent to an activating group) is 2. The van der Waals surface area contributed by atoms with E-state index in [0.717, 1.165) is 114 Å². The van der Waals surface area contributed by atoms with Crippen LogP contribution in [0.2, 0.25) is 0 Å². The first kappa shape index (κ1) is 79.1. The quantitative estimate of drug-likeness (QED) is 0.0220. The van der Waals surface area contributed by atoms with Crippen molar-refractivity contribution in [1.82, 2.24) is 0 Å². The number of nitrogens with one attached hydrogen (secondary N) is 1. The van der Waals surface area contributed by atoms with Gasteiger partial charge in [-0.2, -0.15) is 0 Å². The fourth-order valence-corrected chi connectivity index (χ4v) is 15.9. The van der Waals surface area contributed by atoms with Gasteiger partial charge in [0.1, 0.15) is 44.9 Å². The van der Waals surface area contributed by atoms with Gasteiger partial charge in [0.05, 0.1) is 42.4 Å². The van der Waals surface area contributed by atoms with Crippen LogP contribution in [0, 0.1) is 10.3 Å². The van der Waals surface area contributed by atoms with Gasteiger partial charge < -0.3 is 38.2 Å². The molecule has 4 aliphatic heterocycles. The number of fused-ring (bicyclic) bond motifs is 8. The van der Waals surface area contributed by atoms with Gasteiger partial charge in [0, 0.05) is 62.2 Å². The second kappa shape index (κ2) is 36.3. The Balaban J connectivity index is 0.000000267. The van der Waals surface area contributed by atoms with Gasteiger partial charge in [-0.25, -0.2) is 4.79 Å². The molecule has 97 heavy (non-hydrogen) atoms. The molecule has 23 heteroatoms. The van der Waals surface area contributed by atoms with E-state index in [-0.39, 0.29) is 47.1 Å². The number of ether oxygens (including phenoxy) is 6. The zero-order valence-electron chi connectivity index (χ0n) is 57.7. The average Bonchev–Trinajstić information content (AvgIpc) is 1.57. The molecule has 6 aromatic rings. The van der Waals surface area contributed by atoms with E-state index in [1.165, 1.54) is 40.7 Å². The molecular weight excluding hydrogens is 1320 g/mol. The zero-order chi connectivity index (χ0) is 70.0. The van der Waals surface area contributed by atoms with Crippen molar-refractivity contribution >= 4 is 161 Å². The predicted octanol–water partition coefficient (Wildman–Crippen LogP) is 17.9. The van der Waals surface area contributed by atoms with E-state index in [1.54, 1.807) is 48.1 Å². The van der Waals surface area contributed by atoms with E-state index in [9.17, 15) is 28.8 Å². The van der Waals surface area contributed by atoms with Crippen molar-refractivity contribution in [2.75, 3.05) is 48.6 Å². The monoisotopic (exact) mass is 1410 g/mol. The zero-order valence-corrected chi connectivity index (χ0v) is 62.2. The van der Waals surface area contributed by atoms with Crippen LogP contribution in [0.5, 0.6) is 23.0 Å². The molecule has 0 aromatic heterocycles. The molecule has 2 spiro atoms. The van der Waals surface area contributed by atoms with Gasteiger partial charge in [0.15, 0.2) is 0 Å². The number of rotatable bonds is 22. The molecule has 4 heterocycles. The summed E-state index contributed by atoms with van der Waals surface area (Å²) < 4.78 is 40.7. The summed E-state index contributed by atoms with van der Waals surface area (Å²) in [7, 11) is 4.06. The van der Waals surface area contributed by atoms with Crippen LogP contribution in [0.3, 0.4) is 0 Å². The summed E-state index contributed by atoms with van der Waals surface area (Å²) in [6.07, 6.45) is 12.6. The maximum atomic E-state index is 13.3. The summed E-state index contributed by atoms with van der Waals surface area (Å²) >= 11 is 6.08. The van der Waals surface area contributed by atoms with Crippen molar-refractivity contribution < 1.29 is 57.2 Å². The third-order valence-electron chi connectivity index (χ3n) is 17.4. The number of carbonyl (C=O) groups is 6. The van der Waals surface area contributed by atoms with Crippen molar-refractivity contribution in [1.29, 1.82) is 4.35 Å². The van der Waals surface area contributed by atoms with E-state index in [0.29, 0.717) is 46.7 Å². The third kappa shape index (κ3) is 18.1. The van der Waals surface area contributed by atoms with Crippen LogP contribution in [0.15, 0.2) is 132 Å². The van der Waals surface area contributed by atoms with E-state index in [1.807, 2.05) is 101 Å². The minimum atomic E-state index is -0.807. The molecule has 1 N–H and O–H groups in total. The van der Waals surface area contributed by atoms with Crippen LogP contribution >= 0.6 is 47.0 Å². The van der Waals surface area contributed by atoms with Crippen LogP contribution in [0.1, 0.15) is 138 Å². The number of aliphatic imine (C=N–C) groups is 2. The average molecular weight is 1410 g/mol. The van der Waals surface area contributed by atoms with Gasteiger partial charge in [0.25, 0.3) is 0 Å². The van der Waals surface area contributed by atoms with Gasteiger partial charge >= 0.3 is 44.3 Å². The number of hydrogen-bond donors (Lipinski definition) is 1. The number of hydrogen-bond acceptors (Lipinski definition) is 21. The summed E-state index contributed by atoms with van der Waals surface area (Å²) in [5, 5.41) is 2.14. The Morgan fingerprint density at radius 3 is 1.45 bits per heavy atom. The minimum absolute atomic E-state index is 0. The van der Waals surface area contributed by atoms with E-state index < -0.39 is 45.8 Å². The fraction of sp³-hybridized carbons (Fsp3) is 0.432. The Kier molecular flexibility index (Phi) is 29.6. The third-order valence-corrected chi connectivity index (χ3v) is 21.7. The van der Waals surface area contributed by atoms with Gasteiger partial charge in [-0.15, -0.1) is 0 Å². The molecule has 0 saturated heterocycles. The molecule has 0 bridgehead atoms. The van der Waals surface area contributed by atoms with E-state index in [4.69, 9.17) is 38.0 Å². The summed E-state index contributed by atoms with van der Waals surface area (Å²) in [4.78, 5) is 88.2. The van der Waals surface area contributed by atoms with Crippen LogP contribution in [-0.2, 0) is 39.5 Å². The number of thioether (sulfide) groups is 4. The fourth-order valence-electron chi connectivity index (χ4n) is 11.6. The summed E-state index contributed by atoms with van der Waals surface area (Å²) in [6, 6.07) is 35.4. The van der Waals surface area contributed by atoms with Crippen LogP contribution in [-0.4, -0.2) is 130 Å². The molecule has 0 saturated carbocycles. The van der Waals surface area contributed by atoms with Gasteiger partial charge in [0.2, 0.25) is 20.3 Å². The van der Waals surface area contributed by atoms with Crippen molar-refractivity contribution in [3.63, 3.8) is 0 Å². The standard InChI is InChI=1S/C37H44N2O6S2.C30H32N2O4S2.C7H12O2.Al.B.HN/c1-7-9-19-43-34(41)31(47-35(42)46-20-10-8-2)21-24(3)33(40)44-26-17-15-25-16-18-30-32(27(25)22-26)38-23-37(45-30)36(4,5)28-13-11-12-14-29(28)39(37)6;1-6-7-16-37-28(34)38-19(2)27(33)35-21-14-12-20-13-15-25-26(22(20)17-21)31-18-30(36-25)29(3,4)23-10-8-9-11-24(23)32(30)5;1-3-5-6-9-7(8)4-2;;;/h11-18,22-24,31H,7-10,19-21H2,1-6H3;8-15,17-19H,6-7,16H2,1-5H3;4H,2-3,5-6H2,1H3;;;1H. The number of benzene rings is 6. The van der Waals surface area contributed by atoms with E-state index in [2.05, 4.69) is 93.0 Å². The molecule has 17 nitrogen and oxygen atoms in total. The topological polar surface area (TPSA) is 213 Å². The number of unbranched alkanes of at least 4 members (excludes halogenated alkanes) is 4. The first-order chi connectivity index (χ1) is 46.0. The molecular formula is C74H89AlBN5O12S4. The molecule has 5 atom stereocenters. The summed E-state index contributed by atoms with van der Waals surface area (Å²) in [5.41, 5.74) is 3.71. The second-order valence-corrected chi connectivity index (χ2v) is 29.7. The maximum absolute atomic E-state index is 13.3. The number of anilines is 2. The Hall–Kier alpha value is -6.86. The predicted molar refractivity (Wildman–Crippen MR) is 402 cm³/mol. The van der Waals surface area contributed by atoms with Crippen LogP contribution in [0.4, 0.5) is 32.3 Å². The van der Waals surface area contributed by atoms with Gasteiger partial charge in [-0.05, 0) is 137 Å². The molecule has 5 unspecified atom stereocenters. The number of para-hydroxylation sites is 2. The van der Waals surface area contributed by atoms with Crippen molar-refractivity contribution in [3.05, 3.63) is 133 Å². The normalized spacial score (nSPS) is 17.6. The number of nitrogens with zero attached hydrogens (tertiary/aromatic N) is 4. The Morgan fingerprint density at radius 1 is 0.588 bits per heavy atom. The van der Waals surface area contributed by atoms with E-state index >= 15 is 0 Å². The van der Waals surface area contributed by atoms with Crippen molar-refractivity contribution in [2.45, 2.75) is 160 Å². The van der Waals surface area contributed by atoms with Crippen molar-refractivity contribution in [2.24, 2.45) is 15.9 Å². The van der Waals surface area contributed by atoms with Crippen LogP contribution in [0.25, 0.3) is 21.5 Å². The molecule has 10 rings (SSSR count). The first-order valence-corrected chi connectivity index (χ1v) is 36.9. The SMILES string of the molecule is C=CC(=O)OCCCC.CCCCOC(=O)C(CC(C)C(=O)Oc1ccc2ccc3c(c2c1)N=CC1(O3)N(C)c2ccccc2C1(C)C)SC(=O)SCCCC.CCCCSC(=O)SC(C)C(=O)Oc1ccc2ccc3c(c2c1)N=CC1(O3)N(C)c2ccccc2C1(C)C.[B].[NH]=[Al]. The molecule has 4 radical (unpaired) electrons. The Labute approximate surface area is 598 Å². The molecule has 512 valence electrons. The summed E-state index contributed by atoms with van der Waals surface area (Å²) in [5.74, 6) is 1.17. The van der Waals surface area contributed by atoms with Crippen molar-refractivity contribution in [3.8, 4) is 23.0 Å². The molecule has 0 amide bonds. The molecule has 0 fully saturated rings.